The van der Waals surface area contributed by atoms with Crippen molar-refractivity contribution in [3.8, 4) is 17.2 Å². The second-order valence-corrected chi connectivity index (χ2v) is 9.63. The van der Waals surface area contributed by atoms with E-state index >= 15 is 0 Å². The van der Waals surface area contributed by atoms with Crippen LogP contribution in [-0.4, -0.2) is 76.0 Å². The topological polar surface area (TPSA) is 73.4 Å². The number of amides is 1. The Morgan fingerprint density at radius 1 is 1.03 bits per heavy atom. The summed E-state index contributed by atoms with van der Waals surface area (Å²) in [5.74, 6) is 1.75. The first kappa shape index (κ1) is 25.3. The van der Waals surface area contributed by atoms with Crippen molar-refractivity contribution in [1.82, 2.24) is 9.88 Å². The van der Waals surface area contributed by atoms with Gasteiger partial charge in [0.15, 0.2) is 5.13 Å². The number of benzene rings is 3. The fourth-order valence-electron chi connectivity index (χ4n) is 4.62. The Kier molecular flexibility index (Phi) is 7.73. The molecule has 0 N–H and O–H groups in total. The Morgan fingerprint density at radius 2 is 1.76 bits per heavy atom. The second kappa shape index (κ2) is 11.3. The number of hydrogen-bond donors (Lipinski definition) is 0. The van der Waals surface area contributed by atoms with E-state index in [9.17, 15) is 4.79 Å². The van der Waals surface area contributed by atoms with Gasteiger partial charge in [0.2, 0.25) is 0 Å². The quantitative estimate of drug-likeness (QED) is 0.312. The molecule has 4 aromatic rings. The number of fused-ring (bicyclic) bond motifs is 2. The monoisotopic (exact) mass is 521 g/mol. The van der Waals surface area contributed by atoms with Crippen molar-refractivity contribution in [2.75, 3.05) is 65.1 Å². The molecule has 194 valence electrons. The van der Waals surface area contributed by atoms with Crippen LogP contribution in [0.4, 0.5) is 5.13 Å². The number of thiazole rings is 1. The van der Waals surface area contributed by atoms with Crippen LogP contribution in [0.1, 0.15) is 17.3 Å². The molecule has 0 radical (unpaired) electrons. The molecule has 0 aliphatic carbocycles. The van der Waals surface area contributed by atoms with Gasteiger partial charge in [-0.3, -0.25) is 14.6 Å². The molecule has 1 aliphatic rings. The maximum atomic E-state index is 14.4. The second-order valence-electron chi connectivity index (χ2n) is 8.65. The molecule has 1 saturated heterocycles. The minimum atomic E-state index is -0.148. The molecule has 3 aromatic carbocycles. The van der Waals surface area contributed by atoms with Crippen LogP contribution in [0.2, 0.25) is 0 Å². The van der Waals surface area contributed by atoms with Crippen LogP contribution in [0, 0.1) is 0 Å². The maximum absolute atomic E-state index is 14.4. The van der Waals surface area contributed by atoms with E-state index in [1.54, 1.807) is 19.1 Å². The predicted octanol–water partition coefficient (Wildman–Crippen LogP) is 4.84. The van der Waals surface area contributed by atoms with Gasteiger partial charge in [0.05, 0.1) is 39.6 Å². The molecular weight excluding hydrogens is 490 g/mol. The van der Waals surface area contributed by atoms with Crippen LogP contribution in [-0.2, 0) is 4.74 Å². The number of ether oxygens (including phenoxy) is 4. The van der Waals surface area contributed by atoms with Gasteiger partial charge in [-0.1, -0.05) is 41.7 Å². The van der Waals surface area contributed by atoms with E-state index in [1.165, 1.54) is 11.3 Å². The third kappa shape index (κ3) is 5.07. The molecule has 8 nitrogen and oxygen atoms in total. The van der Waals surface area contributed by atoms with Crippen molar-refractivity contribution in [2.24, 2.45) is 0 Å². The number of methoxy groups -OCH3 is 2. The Hall–Kier alpha value is -3.40. The maximum Gasteiger partial charge on any atom is 0.264 e. The molecule has 0 saturated carbocycles. The van der Waals surface area contributed by atoms with E-state index in [0.717, 1.165) is 28.6 Å². The number of rotatable bonds is 9. The zero-order valence-corrected chi connectivity index (χ0v) is 22.2. The fraction of sp³-hybridized carbons (Fsp3) is 0.357. The smallest absolute Gasteiger partial charge is 0.264 e. The highest BCUT2D eigenvalue weighted by Gasteiger charge is 2.28. The highest BCUT2D eigenvalue weighted by atomic mass is 32.1. The highest BCUT2D eigenvalue weighted by Crippen LogP contribution is 2.41. The molecule has 1 aromatic heterocycles. The average Bonchev–Trinajstić information content (AvgIpc) is 3.38. The van der Waals surface area contributed by atoms with Crippen LogP contribution < -0.4 is 19.1 Å². The van der Waals surface area contributed by atoms with Gasteiger partial charge in [0.1, 0.15) is 27.5 Å². The molecule has 0 spiro atoms. The molecule has 9 heteroatoms. The van der Waals surface area contributed by atoms with Gasteiger partial charge >= 0.3 is 0 Å². The summed E-state index contributed by atoms with van der Waals surface area (Å²) in [6.07, 6.45) is 0. The number of nitrogens with zero attached hydrogens (tertiary/aromatic N) is 3. The lowest BCUT2D eigenvalue weighted by Gasteiger charge is -2.29. The van der Waals surface area contributed by atoms with Crippen molar-refractivity contribution in [3.05, 3.63) is 54.1 Å². The molecule has 0 atom stereocenters. The minimum Gasteiger partial charge on any atom is -0.495 e. The SMILES string of the molecule is CCOc1ccc2ccccc2c1C(=O)N(CCN1CCOCC1)c1nc2c(OC)ccc(OC)c2s1. The predicted molar refractivity (Wildman–Crippen MR) is 147 cm³/mol. The summed E-state index contributed by atoms with van der Waals surface area (Å²) >= 11 is 1.43. The molecular formula is C28H31N3O5S. The summed E-state index contributed by atoms with van der Waals surface area (Å²) in [5.41, 5.74) is 1.22. The summed E-state index contributed by atoms with van der Waals surface area (Å²) in [6, 6.07) is 15.5. The lowest BCUT2D eigenvalue weighted by Crippen LogP contribution is -2.43. The normalized spacial score (nSPS) is 14.1. The van der Waals surface area contributed by atoms with E-state index in [-0.39, 0.29) is 5.91 Å². The minimum absolute atomic E-state index is 0.148. The van der Waals surface area contributed by atoms with Crippen LogP contribution >= 0.6 is 11.3 Å². The number of aromatic nitrogens is 1. The number of carbonyl (C=O) groups is 1. The summed E-state index contributed by atoms with van der Waals surface area (Å²) in [4.78, 5) is 23.4. The average molecular weight is 522 g/mol. The lowest BCUT2D eigenvalue weighted by molar-refractivity contribution is 0.0391. The van der Waals surface area contributed by atoms with E-state index in [2.05, 4.69) is 4.90 Å². The summed E-state index contributed by atoms with van der Waals surface area (Å²) in [5, 5.41) is 2.42. The molecule has 1 aliphatic heterocycles. The highest BCUT2D eigenvalue weighted by molar-refractivity contribution is 7.22. The van der Waals surface area contributed by atoms with E-state index in [1.807, 2.05) is 55.5 Å². The van der Waals surface area contributed by atoms with E-state index in [0.29, 0.717) is 66.4 Å². The zero-order valence-electron chi connectivity index (χ0n) is 21.4. The van der Waals surface area contributed by atoms with Crippen molar-refractivity contribution in [1.29, 1.82) is 0 Å². The molecule has 0 unspecified atom stereocenters. The van der Waals surface area contributed by atoms with Gasteiger partial charge < -0.3 is 18.9 Å². The standard InChI is InChI=1S/C28H31N3O5S/c1-4-36-21-10-9-19-7-5-6-8-20(19)24(21)27(32)31(14-13-30-15-17-35-18-16-30)28-29-25-22(33-2)11-12-23(34-3)26(25)37-28/h5-12H,4,13-18H2,1-3H3. The largest absolute Gasteiger partial charge is 0.495 e. The summed E-state index contributed by atoms with van der Waals surface area (Å²) < 4.78 is 23.5. The Bertz CT molecular complexity index is 1360. The first-order valence-electron chi connectivity index (χ1n) is 12.4. The Labute approximate surface area is 220 Å². The van der Waals surface area contributed by atoms with Gasteiger partial charge in [0.25, 0.3) is 5.91 Å². The van der Waals surface area contributed by atoms with Crippen molar-refractivity contribution in [2.45, 2.75) is 6.92 Å². The van der Waals surface area contributed by atoms with E-state index in [4.69, 9.17) is 23.9 Å². The Balaban J connectivity index is 1.62. The molecule has 1 fully saturated rings. The van der Waals surface area contributed by atoms with Crippen LogP contribution in [0.5, 0.6) is 17.2 Å². The molecule has 1 amide bonds. The van der Waals surface area contributed by atoms with Crippen LogP contribution in [0.15, 0.2) is 48.5 Å². The van der Waals surface area contributed by atoms with Gasteiger partial charge in [-0.15, -0.1) is 0 Å². The van der Waals surface area contributed by atoms with Gasteiger partial charge in [0, 0.05) is 26.2 Å². The summed E-state index contributed by atoms with van der Waals surface area (Å²) in [6.45, 7) is 6.62. The fourth-order valence-corrected chi connectivity index (χ4v) is 5.72. The van der Waals surface area contributed by atoms with Gasteiger partial charge in [-0.05, 0) is 35.9 Å². The summed E-state index contributed by atoms with van der Waals surface area (Å²) in [7, 11) is 3.25. The first-order chi connectivity index (χ1) is 18.1. The third-order valence-electron chi connectivity index (χ3n) is 6.52. The van der Waals surface area contributed by atoms with E-state index < -0.39 is 0 Å². The van der Waals surface area contributed by atoms with Crippen molar-refractivity contribution >= 4 is 43.4 Å². The van der Waals surface area contributed by atoms with Crippen LogP contribution in [0.25, 0.3) is 21.0 Å². The number of carbonyl (C=O) groups excluding carboxylic acids is 1. The lowest BCUT2D eigenvalue weighted by atomic mass is 10.0. The first-order valence-corrected chi connectivity index (χ1v) is 13.2. The molecule has 5 rings (SSSR count). The molecule has 2 heterocycles. The Morgan fingerprint density at radius 3 is 2.51 bits per heavy atom. The molecule has 0 bridgehead atoms. The van der Waals surface area contributed by atoms with Gasteiger partial charge in [-0.2, -0.15) is 0 Å². The van der Waals surface area contributed by atoms with Crippen LogP contribution in [0.3, 0.4) is 0 Å². The van der Waals surface area contributed by atoms with Crippen molar-refractivity contribution < 1.29 is 23.7 Å². The van der Waals surface area contributed by atoms with Gasteiger partial charge in [-0.25, -0.2) is 4.98 Å². The number of morpholine rings is 1. The third-order valence-corrected chi connectivity index (χ3v) is 7.62. The van der Waals surface area contributed by atoms with Crippen molar-refractivity contribution in [3.63, 3.8) is 0 Å². The zero-order chi connectivity index (χ0) is 25.8. The number of hydrogen-bond acceptors (Lipinski definition) is 8. The number of anilines is 1. The molecule has 37 heavy (non-hydrogen) atoms.